The Labute approximate surface area is 294 Å². The van der Waals surface area contributed by atoms with E-state index in [4.69, 9.17) is 56.8 Å². The molecule has 1 aromatic carbocycles. The Morgan fingerprint density at radius 1 is 0.686 bits per heavy atom. The van der Waals surface area contributed by atoms with Crippen molar-refractivity contribution in [2.75, 3.05) is 20.3 Å². The molecule has 1 saturated carbocycles. The van der Waals surface area contributed by atoms with Crippen molar-refractivity contribution in [1.82, 2.24) is 0 Å². The molecule has 0 amide bonds. The van der Waals surface area contributed by atoms with Crippen molar-refractivity contribution in [1.29, 1.82) is 0 Å². The quantitative estimate of drug-likeness (QED) is 0.238. The molecular formula is C34H44O17. The minimum Gasteiger partial charge on any atom is -0.463 e. The second-order valence-electron chi connectivity index (χ2n) is 12.5. The van der Waals surface area contributed by atoms with Crippen molar-refractivity contribution < 1.29 is 80.8 Å². The number of fused-ring (bicyclic) bond motifs is 1. The summed E-state index contributed by atoms with van der Waals surface area (Å²) in [5.74, 6) is -3.12. The Balaban J connectivity index is 1.53. The van der Waals surface area contributed by atoms with Gasteiger partial charge in [-0.3, -0.25) is 19.2 Å². The number of hydrogen-bond acceptors (Lipinski definition) is 17. The van der Waals surface area contributed by atoms with Gasteiger partial charge in [0.05, 0.1) is 6.61 Å². The molecule has 51 heavy (non-hydrogen) atoms. The van der Waals surface area contributed by atoms with Crippen molar-refractivity contribution in [3.05, 3.63) is 35.9 Å². The fraction of sp³-hybridized carbons (Fsp3) is 0.676. The van der Waals surface area contributed by atoms with Crippen molar-refractivity contribution >= 4 is 30.0 Å². The Bertz CT molecular complexity index is 1370. The maximum atomic E-state index is 13.2. The predicted molar refractivity (Wildman–Crippen MR) is 166 cm³/mol. The summed E-state index contributed by atoms with van der Waals surface area (Å²) in [6.45, 7) is 4.01. The third-order valence-electron chi connectivity index (χ3n) is 8.62. The second-order valence-corrected chi connectivity index (χ2v) is 12.5. The summed E-state index contributed by atoms with van der Waals surface area (Å²) in [6, 6.07) is 9.05. The first-order chi connectivity index (χ1) is 24.4. The molecule has 0 spiro atoms. The normalized spacial score (nSPS) is 33.6. The van der Waals surface area contributed by atoms with Gasteiger partial charge in [0.15, 0.2) is 43.3 Å². The van der Waals surface area contributed by atoms with Crippen LogP contribution in [-0.2, 0) is 76.0 Å². The Morgan fingerprint density at radius 2 is 1.31 bits per heavy atom. The zero-order valence-electron chi connectivity index (χ0n) is 29.0. The largest absolute Gasteiger partial charge is 0.509 e. The number of carbonyl (C=O) groups is 5. The van der Waals surface area contributed by atoms with E-state index in [2.05, 4.69) is 0 Å². The highest BCUT2D eigenvalue weighted by atomic mass is 16.8. The van der Waals surface area contributed by atoms with Crippen molar-refractivity contribution in [3.8, 4) is 0 Å². The third-order valence-corrected chi connectivity index (χ3v) is 8.62. The maximum Gasteiger partial charge on any atom is 0.509 e. The van der Waals surface area contributed by atoms with Crippen molar-refractivity contribution in [2.45, 2.75) is 127 Å². The molecule has 1 aliphatic carbocycles. The van der Waals surface area contributed by atoms with Crippen molar-refractivity contribution in [2.24, 2.45) is 0 Å². The number of ether oxygens (including phenoxy) is 12. The number of rotatable bonds is 11. The lowest BCUT2D eigenvalue weighted by Crippen LogP contribution is -2.68. The van der Waals surface area contributed by atoms with E-state index >= 15 is 0 Å². The summed E-state index contributed by atoms with van der Waals surface area (Å²) in [7, 11) is 1.34. The van der Waals surface area contributed by atoms with Crippen LogP contribution in [0.5, 0.6) is 0 Å². The number of methoxy groups -OCH3 is 1. The van der Waals surface area contributed by atoms with E-state index in [1.54, 1.807) is 12.1 Å². The second kappa shape index (κ2) is 17.6. The minimum absolute atomic E-state index is 0.00175. The summed E-state index contributed by atoms with van der Waals surface area (Å²) in [4.78, 5) is 62.1. The molecule has 0 radical (unpaired) electrons. The summed E-state index contributed by atoms with van der Waals surface area (Å²) in [5, 5.41) is 0. The zero-order chi connectivity index (χ0) is 36.7. The van der Waals surface area contributed by atoms with E-state index in [9.17, 15) is 24.0 Å². The van der Waals surface area contributed by atoms with E-state index in [1.165, 1.54) is 7.11 Å². The van der Waals surface area contributed by atoms with Gasteiger partial charge in [0.1, 0.15) is 37.1 Å². The molecular weight excluding hydrogens is 680 g/mol. The van der Waals surface area contributed by atoms with Crippen LogP contribution in [0.4, 0.5) is 4.79 Å². The van der Waals surface area contributed by atoms with E-state index in [-0.39, 0.29) is 12.7 Å². The van der Waals surface area contributed by atoms with Gasteiger partial charge < -0.3 is 56.8 Å². The van der Waals surface area contributed by atoms with Crippen LogP contribution in [0.25, 0.3) is 0 Å². The third kappa shape index (κ3) is 9.93. The first kappa shape index (κ1) is 38.4. The smallest absolute Gasteiger partial charge is 0.463 e. The van der Waals surface area contributed by atoms with Gasteiger partial charge in [0, 0.05) is 40.4 Å². The average molecular weight is 725 g/mol. The SMILES string of the molecule is CO[C@H]1O[C@@H]2COC(c3ccccc3)O[C@H]2[C@H](O[C@@H]2O[C@H](COC(C)=O)[C@@H](OC(C)=O)[C@H](OC(C)=O)[C@H]2OC(C)=O)[C@H]1OC(=O)OC1CCCC1. The molecule has 11 atom stereocenters. The predicted octanol–water partition coefficient (Wildman–Crippen LogP) is 2.40. The molecule has 4 fully saturated rings. The summed E-state index contributed by atoms with van der Waals surface area (Å²) < 4.78 is 70.2. The van der Waals surface area contributed by atoms with Gasteiger partial charge >= 0.3 is 30.0 Å². The van der Waals surface area contributed by atoms with Crippen LogP contribution >= 0.6 is 0 Å². The topological polar surface area (TPSA) is 196 Å². The molecule has 4 aliphatic rings. The van der Waals surface area contributed by atoms with Crippen molar-refractivity contribution in [3.63, 3.8) is 0 Å². The first-order valence-corrected chi connectivity index (χ1v) is 16.8. The number of esters is 4. The van der Waals surface area contributed by atoms with Crippen LogP contribution < -0.4 is 0 Å². The standard InChI is InChI=1S/C34H44O17/c1-17(35)41-15-23-25(43-18(2)36)27(44-19(3)37)30(45-20(4)38)33(48-23)50-28-26-24(16-42-31(49-26)21-11-7-6-8-12-21)47-32(40-5)29(28)51-34(39)46-22-13-9-10-14-22/h6-8,11-12,22-33H,9-10,13-16H2,1-5H3/t23-,24-,25-,26-,27+,28+,29-,30-,31?,32+,33+/m1/s1. The molecule has 3 aliphatic heterocycles. The lowest BCUT2D eigenvalue weighted by Gasteiger charge is -2.50. The van der Waals surface area contributed by atoms with Gasteiger partial charge in [-0.15, -0.1) is 0 Å². The zero-order valence-corrected chi connectivity index (χ0v) is 29.0. The monoisotopic (exact) mass is 724 g/mol. The molecule has 3 saturated heterocycles. The van der Waals surface area contributed by atoms with Crippen LogP contribution in [0.15, 0.2) is 30.3 Å². The van der Waals surface area contributed by atoms with Crippen LogP contribution in [0, 0.1) is 0 Å². The maximum absolute atomic E-state index is 13.2. The number of hydrogen-bond donors (Lipinski definition) is 0. The highest BCUT2D eigenvalue weighted by molar-refractivity contribution is 5.68. The highest BCUT2D eigenvalue weighted by Gasteiger charge is 2.58. The van der Waals surface area contributed by atoms with Crippen LogP contribution in [0.3, 0.4) is 0 Å². The van der Waals surface area contributed by atoms with Gasteiger partial charge in [0.25, 0.3) is 0 Å². The fourth-order valence-corrected chi connectivity index (χ4v) is 6.53. The van der Waals surface area contributed by atoms with Gasteiger partial charge in [-0.05, 0) is 25.7 Å². The number of carbonyl (C=O) groups excluding carboxylic acids is 5. The molecule has 0 bridgehead atoms. The van der Waals surface area contributed by atoms with Gasteiger partial charge in [-0.2, -0.15) is 0 Å². The number of benzene rings is 1. The molecule has 17 nitrogen and oxygen atoms in total. The molecule has 0 aromatic heterocycles. The molecule has 0 N–H and O–H groups in total. The molecule has 3 heterocycles. The highest BCUT2D eigenvalue weighted by Crippen LogP contribution is 2.39. The molecule has 282 valence electrons. The fourth-order valence-electron chi connectivity index (χ4n) is 6.53. The van der Waals surface area contributed by atoms with E-state index in [0.29, 0.717) is 18.4 Å². The Morgan fingerprint density at radius 3 is 1.94 bits per heavy atom. The summed E-state index contributed by atoms with van der Waals surface area (Å²) in [6.07, 6.45) is -12.3. The minimum atomic E-state index is -1.63. The van der Waals surface area contributed by atoms with Crippen LogP contribution in [0.1, 0.15) is 65.2 Å². The lowest BCUT2D eigenvalue weighted by molar-refractivity contribution is -0.390. The van der Waals surface area contributed by atoms with E-state index < -0.39 is 104 Å². The Kier molecular flexibility index (Phi) is 13.2. The van der Waals surface area contributed by atoms with E-state index in [0.717, 1.165) is 40.5 Å². The molecule has 1 aromatic rings. The first-order valence-electron chi connectivity index (χ1n) is 16.8. The molecule has 5 rings (SSSR count). The van der Waals surface area contributed by atoms with Gasteiger partial charge in [-0.1, -0.05) is 30.3 Å². The average Bonchev–Trinajstić information content (AvgIpc) is 3.59. The van der Waals surface area contributed by atoms with E-state index in [1.807, 2.05) is 18.2 Å². The molecule has 17 heteroatoms. The summed E-state index contributed by atoms with van der Waals surface area (Å²) >= 11 is 0. The van der Waals surface area contributed by atoms with Gasteiger partial charge in [-0.25, -0.2) is 4.79 Å². The Hall–Kier alpha value is -3.87. The van der Waals surface area contributed by atoms with Crippen LogP contribution in [0.2, 0.25) is 0 Å². The van der Waals surface area contributed by atoms with Gasteiger partial charge in [0.2, 0.25) is 0 Å². The lowest BCUT2D eigenvalue weighted by atomic mass is 9.95. The van der Waals surface area contributed by atoms with Crippen LogP contribution in [-0.4, -0.2) is 118 Å². The molecule has 1 unspecified atom stereocenters. The summed E-state index contributed by atoms with van der Waals surface area (Å²) in [5.41, 5.74) is 0.675.